The van der Waals surface area contributed by atoms with Crippen LogP contribution in [0.2, 0.25) is 0 Å². The first-order valence-electron chi connectivity index (χ1n) is 55.0. The maximum absolute atomic E-state index is 3.29. The molecule has 0 heterocycles. The zero-order chi connectivity index (χ0) is 89.0. The molecule has 0 saturated heterocycles. The average molecular weight is 1820 g/mol. The molecule has 0 spiro atoms. The standard InChI is InChI=1S/C48H104N4P.C32H72N4P.C24H56N4P.2ClH/c1-9-17-25-33-41-49(42-34-26-18-10-2)53(50(43-35-27-19-11-3)44-36-28-20-12-4,51(45-37-29-21-13-5)46-38-30-22-14-6)52(47-39-31-23-15-7)48-40-32-24-16-8;1-9-17-25-33(26-18-10-2)37(34(27-19-11-3)28-20-12-4,35(29-21-13-5)30-22-14-6)36(31-23-15-7)32-24-16-8;1-9-17-25(18-10-2)29(26(19-11-3)20-12-4,27(21-13-5)22-14-6)28(23-15-7)24-16-8;;/h9-48H2,1-8H3;9-32H2,1-8H3;9-24H2,1-8H3;2*1H/q3*+1;;. The highest BCUT2D eigenvalue weighted by molar-refractivity contribution is 7.67. The molecule has 0 aromatic heterocycles. The second-order valence-electron chi connectivity index (χ2n) is 36.4. The molecule has 736 valence electrons. The van der Waals surface area contributed by atoms with Crippen LogP contribution in [0.4, 0.5) is 0 Å². The molecule has 121 heavy (non-hydrogen) atoms. The third-order valence-electron chi connectivity index (χ3n) is 24.7. The van der Waals surface area contributed by atoms with E-state index in [2.05, 4.69) is 222 Å². The first-order chi connectivity index (χ1) is 58.2. The molecular formula is C104H234Cl2N12P3+3. The summed E-state index contributed by atoms with van der Waals surface area (Å²) in [5, 5.41) is 0. The van der Waals surface area contributed by atoms with Gasteiger partial charge in [0.1, 0.15) is 0 Å². The van der Waals surface area contributed by atoms with E-state index in [9.17, 15) is 0 Å². The minimum Gasteiger partial charge on any atom is -0.147 e. The number of hydrogen-bond donors (Lipinski definition) is 0. The summed E-state index contributed by atoms with van der Waals surface area (Å²) in [5.74, 6) is 0. The van der Waals surface area contributed by atoms with E-state index in [-0.39, 0.29) is 24.8 Å². The minimum absolute atomic E-state index is 0. The Balaban J connectivity index is -0.000000579. The van der Waals surface area contributed by atoms with E-state index < -0.39 is 23.6 Å². The van der Waals surface area contributed by atoms with Gasteiger partial charge in [-0.3, -0.25) is 0 Å². The van der Waals surface area contributed by atoms with E-state index in [1.807, 2.05) is 0 Å². The Kier molecular flexibility index (Phi) is 104. The van der Waals surface area contributed by atoms with Crippen LogP contribution in [0.1, 0.15) is 526 Å². The minimum atomic E-state index is -1.99. The van der Waals surface area contributed by atoms with Gasteiger partial charge in [-0.25, -0.2) is 0 Å². The molecular weight excluding hydrogens is 1580 g/mol. The van der Waals surface area contributed by atoms with Crippen molar-refractivity contribution < 1.29 is 0 Å². The largest absolute Gasteiger partial charge is 0.308 e. The lowest BCUT2D eigenvalue weighted by Crippen LogP contribution is -2.54. The Hall–Kier alpha value is 1.39. The first kappa shape index (κ1) is 131. The lowest BCUT2D eigenvalue weighted by Gasteiger charge is -2.52. The summed E-state index contributed by atoms with van der Waals surface area (Å²) in [4.78, 5) is 0. The third kappa shape index (κ3) is 55.0. The van der Waals surface area contributed by atoms with Crippen LogP contribution in [0.25, 0.3) is 0 Å². The molecule has 0 N–H and O–H groups in total. The van der Waals surface area contributed by atoms with Crippen molar-refractivity contribution in [3.05, 3.63) is 0 Å². The van der Waals surface area contributed by atoms with Crippen molar-refractivity contribution in [2.75, 3.05) is 157 Å². The molecule has 0 fully saturated rings. The molecule has 12 nitrogen and oxygen atoms in total. The van der Waals surface area contributed by atoms with Crippen molar-refractivity contribution in [1.29, 1.82) is 0 Å². The number of nitrogens with zero attached hydrogens (tertiary/aromatic N) is 12. The Morgan fingerprint density at radius 2 is 0.174 bits per heavy atom. The molecule has 0 aromatic rings. The Morgan fingerprint density at radius 3 is 0.256 bits per heavy atom. The zero-order valence-electron chi connectivity index (χ0n) is 88.1. The number of hydrogen-bond acceptors (Lipinski definition) is 12. The lowest BCUT2D eigenvalue weighted by atomic mass is 10.2. The fourth-order valence-corrected chi connectivity index (χ4v) is 35.1. The average Bonchev–Trinajstić information content (AvgIpc) is 0.758. The highest BCUT2D eigenvalue weighted by Gasteiger charge is 2.63. The third-order valence-corrected chi connectivity index (χ3v) is 38.6. The van der Waals surface area contributed by atoms with Crippen LogP contribution < -0.4 is 0 Å². The Bertz CT molecular complexity index is 1600. The number of unbranched alkanes of at least 4 members (excludes halogenated alkanes) is 32. The van der Waals surface area contributed by atoms with Crippen molar-refractivity contribution >= 4 is 48.4 Å². The highest BCUT2D eigenvalue weighted by atomic mass is 35.5. The van der Waals surface area contributed by atoms with Crippen molar-refractivity contribution in [2.45, 2.75) is 526 Å². The van der Waals surface area contributed by atoms with Crippen molar-refractivity contribution in [2.24, 2.45) is 0 Å². The second kappa shape index (κ2) is 96.0. The quantitative estimate of drug-likeness (QED) is 0.0430. The smallest absolute Gasteiger partial charge is 0.147 e. The van der Waals surface area contributed by atoms with Gasteiger partial charge in [-0.2, -0.15) is 0 Å². The highest BCUT2D eigenvalue weighted by Crippen LogP contribution is 2.73. The van der Waals surface area contributed by atoms with Gasteiger partial charge < -0.3 is 0 Å². The first-order valence-corrected chi connectivity index (χ1v) is 59.8. The predicted molar refractivity (Wildman–Crippen MR) is 569 cm³/mol. The van der Waals surface area contributed by atoms with Crippen LogP contribution in [0.15, 0.2) is 0 Å². The summed E-state index contributed by atoms with van der Waals surface area (Å²) < 4.78 is 37.5. The number of rotatable bonds is 92. The second-order valence-corrected chi connectivity index (χ2v) is 46.4. The molecule has 0 aromatic carbocycles. The summed E-state index contributed by atoms with van der Waals surface area (Å²) in [6.45, 7) is 87.6. The lowest BCUT2D eigenvalue weighted by molar-refractivity contribution is 0.218. The molecule has 0 aliphatic rings. The molecule has 0 amide bonds. The summed E-state index contributed by atoms with van der Waals surface area (Å²) in [6, 6.07) is 0. The van der Waals surface area contributed by atoms with Gasteiger partial charge >= 0.3 is 23.6 Å². The van der Waals surface area contributed by atoms with Gasteiger partial charge in [0.05, 0.1) is 0 Å². The molecule has 17 heteroatoms. The topological polar surface area (TPSA) is 38.9 Å². The monoisotopic (exact) mass is 1810 g/mol. The molecule has 0 radical (unpaired) electrons. The van der Waals surface area contributed by atoms with Crippen LogP contribution in [-0.4, -0.2) is 213 Å². The van der Waals surface area contributed by atoms with Crippen LogP contribution >= 0.6 is 48.4 Å². The molecule has 0 bridgehead atoms. The van der Waals surface area contributed by atoms with Gasteiger partial charge in [0.2, 0.25) is 0 Å². The fourth-order valence-electron chi connectivity index (χ4n) is 18.3. The van der Waals surface area contributed by atoms with Crippen LogP contribution in [0.5, 0.6) is 0 Å². The van der Waals surface area contributed by atoms with Crippen LogP contribution in [0, 0.1) is 0 Å². The van der Waals surface area contributed by atoms with Gasteiger partial charge in [0.15, 0.2) is 0 Å². The molecule has 0 rings (SSSR count). The molecule has 0 saturated carbocycles. The normalized spacial score (nSPS) is 12.4. The van der Waals surface area contributed by atoms with E-state index in [0.717, 1.165) is 0 Å². The van der Waals surface area contributed by atoms with E-state index in [0.29, 0.717) is 0 Å². The van der Waals surface area contributed by atoms with Gasteiger partial charge in [-0.1, -0.05) is 372 Å². The summed E-state index contributed by atoms with van der Waals surface area (Å²) in [5.41, 5.74) is 0. The van der Waals surface area contributed by atoms with E-state index in [1.165, 1.54) is 517 Å². The van der Waals surface area contributed by atoms with Gasteiger partial charge in [-0.15, -0.1) is 80.9 Å². The predicted octanol–water partition coefficient (Wildman–Crippen LogP) is 34.8. The van der Waals surface area contributed by atoms with E-state index in [1.54, 1.807) is 0 Å². The van der Waals surface area contributed by atoms with E-state index >= 15 is 0 Å². The molecule has 0 aliphatic heterocycles. The Labute approximate surface area is 782 Å². The maximum Gasteiger partial charge on any atom is 0.308 e. The van der Waals surface area contributed by atoms with Gasteiger partial charge in [0.25, 0.3) is 0 Å². The van der Waals surface area contributed by atoms with Crippen LogP contribution in [0.3, 0.4) is 0 Å². The maximum atomic E-state index is 3.29. The SMILES string of the molecule is CCCCCCN(CCCCCC)[P+](N(CCCCCC)CCCCCC)(N(CCCCCC)CCCCCC)N(CCCCCC)CCCCCC.CCCCN(CCCC)[P+](N(CCCC)CCCC)(N(CCCC)CCCC)N(CCCC)CCCC.CCCN(CCC)[P+](N(CCC)CCC)(N(CCC)CCC)N(CCC)CCC.Cl.Cl. The van der Waals surface area contributed by atoms with Crippen molar-refractivity contribution in [3.8, 4) is 0 Å². The zero-order valence-corrected chi connectivity index (χ0v) is 92.4. The molecule has 0 aliphatic carbocycles. The number of halogens is 2. The summed E-state index contributed by atoms with van der Waals surface area (Å²) >= 11 is 0. The summed E-state index contributed by atoms with van der Waals surface area (Å²) in [6.07, 6.45) is 74.9. The van der Waals surface area contributed by atoms with Crippen molar-refractivity contribution in [1.82, 2.24) is 56.0 Å². The fraction of sp³-hybridized carbons (Fsp3) is 1.00. The van der Waals surface area contributed by atoms with Gasteiger partial charge in [0, 0.05) is 157 Å². The van der Waals surface area contributed by atoms with Gasteiger partial charge in [-0.05, 0) is 154 Å². The van der Waals surface area contributed by atoms with Crippen molar-refractivity contribution in [3.63, 3.8) is 0 Å². The molecule has 0 unspecified atom stereocenters. The molecule has 0 atom stereocenters. The van der Waals surface area contributed by atoms with E-state index in [4.69, 9.17) is 0 Å². The van der Waals surface area contributed by atoms with Crippen LogP contribution in [-0.2, 0) is 0 Å². The summed E-state index contributed by atoms with van der Waals surface area (Å²) in [7, 11) is -5.57. The Morgan fingerprint density at radius 1 is 0.0909 bits per heavy atom.